The van der Waals surface area contributed by atoms with Gasteiger partial charge in [-0.25, -0.2) is 4.79 Å². The first-order valence-electron chi connectivity index (χ1n) is 7.88. The van der Waals surface area contributed by atoms with E-state index >= 15 is 0 Å². The Morgan fingerprint density at radius 2 is 1.86 bits per heavy atom. The third kappa shape index (κ3) is 4.09. The fourth-order valence-corrected chi connectivity index (χ4v) is 3.30. The molecule has 0 aromatic rings. The number of hydrogen-bond acceptors (Lipinski definition) is 3. The number of amides is 2. The molecule has 1 saturated carbocycles. The number of carbonyl (C=O) groups excluding carboxylic acids is 1. The van der Waals surface area contributed by atoms with Crippen LogP contribution < -0.4 is 5.32 Å². The van der Waals surface area contributed by atoms with Crippen molar-refractivity contribution >= 4 is 12.0 Å². The molecule has 6 nitrogen and oxygen atoms in total. The summed E-state index contributed by atoms with van der Waals surface area (Å²) in [7, 11) is 0. The van der Waals surface area contributed by atoms with E-state index in [0.29, 0.717) is 26.1 Å². The van der Waals surface area contributed by atoms with Gasteiger partial charge in [-0.15, -0.1) is 0 Å². The minimum atomic E-state index is -0.716. The van der Waals surface area contributed by atoms with E-state index in [1.807, 2.05) is 18.7 Å². The Morgan fingerprint density at radius 3 is 2.33 bits per heavy atom. The molecule has 21 heavy (non-hydrogen) atoms. The molecule has 1 unspecified atom stereocenters. The number of nitrogens with one attached hydrogen (secondary N) is 1. The first kappa shape index (κ1) is 16.1. The van der Waals surface area contributed by atoms with Crippen molar-refractivity contribution in [2.45, 2.75) is 64.1 Å². The number of ether oxygens (including phenoxy) is 1. The topological polar surface area (TPSA) is 78.9 Å². The molecular weight excluding hydrogens is 272 g/mol. The lowest BCUT2D eigenvalue weighted by molar-refractivity contribution is -0.142. The molecule has 0 spiro atoms. The van der Waals surface area contributed by atoms with E-state index in [1.165, 1.54) is 0 Å². The first-order valence-corrected chi connectivity index (χ1v) is 7.88. The second-order valence-electron chi connectivity index (χ2n) is 6.35. The molecule has 1 aliphatic carbocycles. The molecule has 0 aromatic heterocycles. The lowest BCUT2D eigenvalue weighted by Crippen LogP contribution is -2.53. The van der Waals surface area contributed by atoms with Crippen LogP contribution in [0.1, 0.15) is 46.0 Å². The van der Waals surface area contributed by atoms with Gasteiger partial charge < -0.3 is 20.1 Å². The van der Waals surface area contributed by atoms with Crippen LogP contribution in [-0.2, 0) is 9.53 Å². The third-order valence-corrected chi connectivity index (χ3v) is 4.49. The van der Waals surface area contributed by atoms with E-state index < -0.39 is 5.97 Å². The van der Waals surface area contributed by atoms with Crippen LogP contribution in [0.25, 0.3) is 0 Å². The van der Waals surface area contributed by atoms with Gasteiger partial charge in [0.15, 0.2) is 0 Å². The number of nitrogens with zero attached hydrogens (tertiary/aromatic N) is 1. The SMILES string of the molecule is CC(C)N(C(=O)NC1CCC(C(=O)O)CC1)C1CCOC1. The fourth-order valence-electron chi connectivity index (χ4n) is 3.30. The quantitative estimate of drug-likeness (QED) is 0.830. The molecule has 120 valence electrons. The van der Waals surface area contributed by atoms with Crippen LogP contribution in [0.5, 0.6) is 0 Å². The predicted molar refractivity (Wildman–Crippen MR) is 78.1 cm³/mol. The lowest BCUT2D eigenvalue weighted by atomic mass is 9.86. The van der Waals surface area contributed by atoms with Crippen molar-refractivity contribution in [1.29, 1.82) is 0 Å². The van der Waals surface area contributed by atoms with Gasteiger partial charge in [-0.2, -0.15) is 0 Å². The molecular formula is C15H26N2O4. The van der Waals surface area contributed by atoms with Crippen LogP contribution >= 0.6 is 0 Å². The van der Waals surface area contributed by atoms with Gasteiger partial charge in [-0.05, 0) is 46.0 Å². The Morgan fingerprint density at radius 1 is 1.19 bits per heavy atom. The molecule has 0 aromatic carbocycles. The zero-order valence-corrected chi connectivity index (χ0v) is 12.9. The summed E-state index contributed by atoms with van der Waals surface area (Å²) in [5.41, 5.74) is 0. The van der Waals surface area contributed by atoms with E-state index in [9.17, 15) is 9.59 Å². The number of carboxylic acids is 1. The van der Waals surface area contributed by atoms with Gasteiger partial charge in [0.05, 0.1) is 18.6 Å². The van der Waals surface area contributed by atoms with Gasteiger partial charge in [0, 0.05) is 18.7 Å². The van der Waals surface area contributed by atoms with E-state index in [1.54, 1.807) is 0 Å². The summed E-state index contributed by atoms with van der Waals surface area (Å²) in [6, 6.07) is 0.336. The Balaban J connectivity index is 1.86. The first-order chi connectivity index (χ1) is 9.99. The Labute approximate surface area is 125 Å². The summed E-state index contributed by atoms with van der Waals surface area (Å²) in [5, 5.41) is 12.1. The molecule has 2 amide bonds. The average Bonchev–Trinajstić information content (AvgIpc) is 2.92. The summed E-state index contributed by atoms with van der Waals surface area (Å²) >= 11 is 0. The summed E-state index contributed by atoms with van der Waals surface area (Å²) in [6.45, 7) is 5.35. The maximum Gasteiger partial charge on any atom is 0.318 e. The maximum absolute atomic E-state index is 12.5. The van der Waals surface area contributed by atoms with Gasteiger partial charge in [-0.1, -0.05) is 0 Å². The largest absolute Gasteiger partial charge is 0.481 e. The highest BCUT2D eigenvalue weighted by atomic mass is 16.5. The molecule has 1 saturated heterocycles. The van der Waals surface area contributed by atoms with E-state index in [-0.39, 0.29) is 30.1 Å². The molecule has 1 aliphatic heterocycles. The molecule has 0 bridgehead atoms. The highest BCUT2D eigenvalue weighted by Gasteiger charge is 2.32. The number of aliphatic carboxylic acids is 1. The van der Waals surface area contributed by atoms with Crippen molar-refractivity contribution in [3.05, 3.63) is 0 Å². The second-order valence-corrected chi connectivity index (χ2v) is 6.35. The number of rotatable bonds is 4. The standard InChI is InChI=1S/C15H26N2O4/c1-10(2)17(13-7-8-21-9-13)15(20)16-12-5-3-11(4-6-12)14(18)19/h10-13H,3-9H2,1-2H3,(H,16,20)(H,18,19). The zero-order valence-electron chi connectivity index (χ0n) is 12.9. The van der Waals surface area contributed by atoms with Crippen molar-refractivity contribution in [3.63, 3.8) is 0 Å². The Bertz CT molecular complexity index is 372. The van der Waals surface area contributed by atoms with Gasteiger partial charge in [0.25, 0.3) is 0 Å². The summed E-state index contributed by atoms with van der Waals surface area (Å²) in [5.74, 6) is -0.964. The lowest BCUT2D eigenvalue weighted by Gasteiger charge is -2.35. The molecule has 2 N–H and O–H groups in total. The van der Waals surface area contributed by atoms with Gasteiger partial charge in [0.1, 0.15) is 0 Å². The maximum atomic E-state index is 12.5. The van der Waals surface area contributed by atoms with Crippen LogP contribution in [0.2, 0.25) is 0 Å². The molecule has 2 aliphatic rings. The summed E-state index contributed by atoms with van der Waals surface area (Å²) in [6.07, 6.45) is 3.67. The minimum Gasteiger partial charge on any atom is -0.481 e. The zero-order chi connectivity index (χ0) is 15.4. The van der Waals surface area contributed by atoms with Crippen LogP contribution in [0.4, 0.5) is 4.79 Å². The number of carboxylic acid groups (broad SMARTS) is 1. The van der Waals surface area contributed by atoms with Crippen molar-refractivity contribution in [2.75, 3.05) is 13.2 Å². The third-order valence-electron chi connectivity index (χ3n) is 4.49. The normalized spacial score (nSPS) is 29.4. The van der Waals surface area contributed by atoms with Gasteiger partial charge in [0.2, 0.25) is 0 Å². The van der Waals surface area contributed by atoms with Crippen molar-refractivity contribution in [2.24, 2.45) is 5.92 Å². The predicted octanol–water partition coefficient (Wildman–Crippen LogP) is 1.84. The van der Waals surface area contributed by atoms with Gasteiger partial charge in [-0.3, -0.25) is 4.79 Å². The smallest absolute Gasteiger partial charge is 0.318 e. The molecule has 2 rings (SSSR count). The molecule has 1 atom stereocenters. The van der Waals surface area contributed by atoms with Crippen LogP contribution in [0.15, 0.2) is 0 Å². The van der Waals surface area contributed by atoms with Crippen LogP contribution in [0.3, 0.4) is 0 Å². The second kappa shape index (κ2) is 7.11. The van der Waals surface area contributed by atoms with Crippen molar-refractivity contribution in [1.82, 2.24) is 10.2 Å². The monoisotopic (exact) mass is 298 g/mol. The minimum absolute atomic E-state index is 0.0423. The Kier molecular flexibility index (Phi) is 5.45. The number of urea groups is 1. The van der Waals surface area contributed by atoms with Crippen LogP contribution in [-0.4, -0.2) is 53.3 Å². The Hall–Kier alpha value is -1.30. The summed E-state index contributed by atoms with van der Waals surface area (Å²) < 4.78 is 5.38. The molecule has 2 fully saturated rings. The van der Waals surface area contributed by atoms with E-state index in [4.69, 9.17) is 9.84 Å². The molecule has 6 heteroatoms. The van der Waals surface area contributed by atoms with Crippen molar-refractivity contribution < 1.29 is 19.4 Å². The average molecular weight is 298 g/mol. The molecule has 1 heterocycles. The highest BCUT2D eigenvalue weighted by molar-refractivity contribution is 5.75. The van der Waals surface area contributed by atoms with E-state index in [0.717, 1.165) is 19.3 Å². The highest BCUT2D eigenvalue weighted by Crippen LogP contribution is 2.25. The van der Waals surface area contributed by atoms with E-state index in [2.05, 4.69) is 5.32 Å². The van der Waals surface area contributed by atoms with Gasteiger partial charge >= 0.3 is 12.0 Å². The van der Waals surface area contributed by atoms with Crippen molar-refractivity contribution in [3.8, 4) is 0 Å². The summed E-state index contributed by atoms with van der Waals surface area (Å²) in [4.78, 5) is 25.3. The number of hydrogen-bond donors (Lipinski definition) is 2. The fraction of sp³-hybridized carbons (Fsp3) is 0.867. The van der Waals surface area contributed by atoms with Crippen LogP contribution in [0, 0.1) is 5.92 Å². The molecule has 0 radical (unpaired) electrons. The number of carbonyl (C=O) groups is 2.